The van der Waals surface area contributed by atoms with Crippen molar-refractivity contribution in [2.45, 2.75) is 32.3 Å². The van der Waals surface area contributed by atoms with Gasteiger partial charge in [0, 0.05) is 25.9 Å². The van der Waals surface area contributed by atoms with Crippen LogP contribution >= 0.6 is 0 Å². The van der Waals surface area contributed by atoms with Gasteiger partial charge in [-0.15, -0.1) is 0 Å². The van der Waals surface area contributed by atoms with E-state index in [2.05, 4.69) is 22.1 Å². The summed E-state index contributed by atoms with van der Waals surface area (Å²) in [6.45, 7) is 1.76. The molecule has 140 valence electrons. The number of nitrogens with zero attached hydrogens (tertiary/aromatic N) is 2. The lowest BCUT2D eigenvalue weighted by atomic mass is 9.98. The van der Waals surface area contributed by atoms with Crippen molar-refractivity contribution in [1.29, 1.82) is 0 Å². The van der Waals surface area contributed by atoms with Gasteiger partial charge in [0.2, 0.25) is 5.91 Å². The number of likely N-dealkylation sites (tertiary alicyclic amines) is 1. The molecule has 1 fully saturated rings. The summed E-state index contributed by atoms with van der Waals surface area (Å²) in [7, 11) is 0. The smallest absolute Gasteiger partial charge is 0.223 e. The minimum absolute atomic E-state index is 0.0806. The van der Waals surface area contributed by atoms with Gasteiger partial charge < -0.3 is 15.0 Å². The van der Waals surface area contributed by atoms with Crippen LogP contribution in [0.3, 0.4) is 0 Å². The van der Waals surface area contributed by atoms with Crippen LogP contribution in [-0.2, 0) is 24.2 Å². The fourth-order valence-electron chi connectivity index (χ4n) is 3.85. The number of hydrogen-bond acceptors (Lipinski definition) is 3. The SMILES string of the molecule is O=C(CCc1nc2ccccc2[nH]1)N1CC[C@H](Cc2ccc(CO)cc2)C1. The zero-order chi connectivity index (χ0) is 18.6. The maximum Gasteiger partial charge on any atom is 0.223 e. The molecule has 3 aromatic rings. The summed E-state index contributed by atoms with van der Waals surface area (Å²) in [5.41, 5.74) is 4.18. The second kappa shape index (κ2) is 7.92. The molecule has 0 radical (unpaired) electrons. The highest BCUT2D eigenvalue weighted by atomic mass is 16.3. The summed E-state index contributed by atoms with van der Waals surface area (Å²) < 4.78 is 0. The maximum atomic E-state index is 12.6. The number of imidazole rings is 1. The lowest BCUT2D eigenvalue weighted by molar-refractivity contribution is -0.130. The van der Waals surface area contributed by atoms with Crippen LogP contribution in [0.2, 0.25) is 0 Å². The molecule has 2 heterocycles. The van der Waals surface area contributed by atoms with E-state index < -0.39 is 0 Å². The zero-order valence-electron chi connectivity index (χ0n) is 15.4. The Morgan fingerprint density at radius 1 is 1.15 bits per heavy atom. The number of aromatic amines is 1. The Kier molecular flexibility index (Phi) is 5.21. The van der Waals surface area contributed by atoms with Crippen molar-refractivity contribution in [3.8, 4) is 0 Å². The van der Waals surface area contributed by atoms with Gasteiger partial charge in [-0.05, 0) is 42.0 Å². The first-order valence-corrected chi connectivity index (χ1v) is 9.61. The Balaban J connectivity index is 1.28. The van der Waals surface area contributed by atoms with E-state index in [1.54, 1.807) is 0 Å². The van der Waals surface area contributed by atoms with Gasteiger partial charge in [-0.2, -0.15) is 0 Å². The first-order valence-electron chi connectivity index (χ1n) is 9.61. The summed E-state index contributed by atoms with van der Waals surface area (Å²) in [6.07, 6.45) is 3.19. The molecule has 0 bridgehead atoms. The molecular weight excluding hydrogens is 338 g/mol. The average Bonchev–Trinajstić information content (AvgIpc) is 3.33. The number of aryl methyl sites for hydroxylation is 1. The highest BCUT2D eigenvalue weighted by molar-refractivity contribution is 5.77. The molecule has 2 N–H and O–H groups in total. The average molecular weight is 363 g/mol. The molecule has 1 aliphatic heterocycles. The van der Waals surface area contributed by atoms with Crippen molar-refractivity contribution < 1.29 is 9.90 Å². The highest BCUT2D eigenvalue weighted by Crippen LogP contribution is 2.22. The predicted molar refractivity (Wildman–Crippen MR) is 105 cm³/mol. The molecule has 27 heavy (non-hydrogen) atoms. The summed E-state index contributed by atoms with van der Waals surface area (Å²) >= 11 is 0. The van der Waals surface area contributed by atoms with Crippen molar-refractivity contribution in [1.82, 2.24) is 14.9 Å². The maximum absolute atomic E-state index is 12.6. The van der Waals surface area contributed by atoms with Gasteiger partial charge in [0.15, 0.2) is 0 Å². The lowest BCUT2D eigenvalue weighted by Crippen LogP contribution is -2.29. The zero-order valence-corrected chi connectivity index (χ0v) is 15.4. The molecule has 2 aromatic carbocycles. The van der Waals surface area contributed by atoms with E-state index in [9.17, 15) is 4.79 Å². The third-order valence-corrected chi connectivity index (χ3v) is 5.38. The number of para-hydroxylation sites is 2. The van der Waals surface area contributed by atoms with Gasteiger partial charge in [0.05, 0.1) is 17.6 Å². The molecule has 5 nitrogen and oxygen atoms in total. The normalized spacial score (nSPS) is 16.9. The van der Waals surface area contributed by atoms with Crippen LogP contribution in [0.15, 0.2) is 48.5 Å². The molecule has 5 heteroatoms. The Morgan fingerprint density at radius 2 is 1.93 bits per heavy atom. The van der Waals surface area contributed by atoms with E-state index >= 15 is 0 Å². The Labute approximate surface area is 159 Å². The van der Waals surface area contributed by atoms with Gasteiger partial charge >= 0.3 is 0 Å². The molecule has 1 amide bonds. The van der Waals surface area contributed by atoms with E-state index in [4.69, 9.17) is 5.11 Å². The Hall–Kier alpha value is -2.66. The number of carbonyl (C=O) groups is 1. The minimum atomic E-state index is 0.0806. The summed E-state index contributed by atoms with van der Waals surface area (Å²) in [5.74, 6) is 1.61. The molecule has 1 aromatic heterocycles. The number of hydrogen-bond donors (Lipinski definition) is 2. The molecule has 1 aliphatic rings. The molecule has 4 rings (SSSR count). The topological polar surface area (TPSA) is 69.2 Å². The number of H-pyrrole nitrogens is 1. The van der Waals surface area contributed by atoms with Gasteiger partial charge in [-0.25, -0.2) is 4.98 Å². The fraction of sp³-hybridized carbons (Fsp3) is 0.364. The van der Waals surface area contributed by atoms with Gasteiger partial charge in [0.25, 0.3) is 0 Å². The van der Waals surface area contributed by atoms with Crippen molar-refractivity contribution in [2.24, 2.45) is 5.92 Å². The second-order valence-electron chi connectivity index (χ2n) is 7.37. The lowest BCUT2D eigenvalue weighted by Gasteiger charge is -2.16. The first-order chi connectivity index (χ1) is 13.2. The van der Waals surface area contributed by atoms with Crippen molar-refractivity contribution in [3.05, 3.63) is 65.5 Å². The summed E-state index contributed by atoms with van der Waals surface area (Å²) in [4.78, 5) is 22.4. The van der Waals surface area contributed by atoms with Crippen LogP contribution in [-0.4, -0.2) is 39.0 Å². The third-order valence-electron chi connectivity index (χ3n) is 5.38. The van der Waals surface area contributed by atoms with E-state index in [-0.39, 0.29) is 12.5 Å². The summed E-state index contributed by atoms with van der Waals surface area (Å²) in [6, 6.07) is 16.1. The molecule has 1 saturated heterocycles. The van der Waals surface area contributed by atoms with E-state index in [0.717, 1.165) is 48.4 Å². The number of aliphatic hydroxyl groups excluding tert-OH is 1. The molecule has 1 atom stereocenters. The van der Waals surface area contributed by atoms with Crippen LogP contribution in [0.1, 0.15) is 29.8 Å². The molecular formula is C22H25N3O2. The van der Waals surface area contributed by atoms with Crippen LogP contribution < -0.4 is 0 Å². The van der Waals surface area contributed by atoms with Gasteiger partial charge in [-0.1, -0.05) is 36.4 Å². The second-order valence-corrected chi connectivity index (χ2v) is 7.37. The molecule has 0 spiro atoms. The van der Waals surface area contributed by atoms with Gasteiger partial charge in [0.1, 0.15) is 5.82 Å². The molecule has 0 unspecified atom stereocenters. The number of carbonyl (C=O) groups excluding carboxylic acids is 1. The standard InChI is InChI=1S/C22H25N3O2/c26-15-17-7-5-16(6-8-17)13-18-11-12-25(14-18)22(27)10-9-21-23-19-3-1-2-4-20(19)24-21/h1-8,18,26H,9-15H2,(H,23,24)/t18-/m1/s1. The third kappa shape index (κ3) is 4.19. The van der Waals surface area contributed by atoms with Crippen molar-refractivity contribution in [2.75, 3.05) is 13.1 Å². The number of amides is 1. The minimum Gasteiger partial charge on any atom is -0.392 e. The quantitative estimate of drug-likeness (QED) is 0.707. The molecule has 0 saturated carbocycles. The van der Waals surface area contributed by atoms with Crippen LogP contribution in [0.5, 0.6) is 0 Å². The number of aliphatic hydroxyl groups is 1. The Morgan fingerprint density at radius 3 is 2.70 bits per heavy atom. The van der Waals surface area contributed by atoms with Crippen LogP contribution in [0.4, 0.5) is 0 Å². The van der Waals surface area contributed by atoms with E-state index in [0.29, 0.717) is 18.8 Å². The largest absolute Gasteiger partial charge is 0.392 e. The van der Waals surface area contributed by atoms with Crippen LogP contribution in [0, 0.1) is 5.92 Å². The number of fused-ring (bicyclic) bond motifs is 1. The number of aromatic nitrogens is 2. The number of nitrogens with one attached hydrogen (secondary N) is 1. The number of benzene rings is 2. The van der Waals surface area contributed by atoms with Crippen molar-refractivity contribution in [3.63, 3.8) is 0 Å². The molecule has 0 aliphatic carbocycles. The highest BCUT2D eigenvalue weighted by Gasteiger charge is 2.26. The summed E-state index contributed by atoms with van der Waals surface area (Å²) in [5, 5.41) is 9.13. The predicted octanol–water partition coefficient (Wildman–Crippen LogP) is 3.08. The Bertz CT molecular complexity index is 884. The van der Waals surface area contributed by atoms with E-state index in [1.807, 2.05) is 41.3 Å². The first kappa shape index (κ1) is 17.7. The van der Waals surface area contributed by atoms with Crippen molar-refractivity contribution >= 4 is 16.9 Å². The van der Waals surface area contributed by atoms with Crippen LogP contribution in [0.25, 0.3) is 11.0 Å². The monoisotopic (exact) mass is 363 g/mol. The fourth-order valence-corrected chi connectivity index (χ4v) is 3.85. The van der Waals surface area contributed by atoms with Gasteiger partial charge in [-0.3, -0.25) is 4.79 Å². The number of rotatable bonds is 6. The van der Waals surface area contributed by atoms with E-state index in [1.165, 1.54) is 5.56 Å².